The molecule has 2 atom stereocenters. The van der Waals surface area contributed by atoms with E-state index in [-0.39, 0.29) is 24.4 Å². The third-order valence-electron chi connectivity index (χ3n) is 4.53. The van der Waals surface area contributed by atoms with E-state index in [1.54, 1.807) is 11.9 Å². The van der Waals surface area contributed by atoms with Crippen molar-refractivity contribution in [3.8, 4) is 0 Å². The van der Waals surface area contributed by atoms with Gasteiger partial charge in [-0.25, -0.2) is 4.79 Å². The van der Waals surface area contributed by atoms with E-state index in [0.717, 1.165) is 25.2 Å². The minimum absolute atomic E-state index is 0.0874. The highest BCUT2D eigenvalue weighted by Crippen LogP contribution is 2.16. The zero-order chi connectivity index (χ0) is 17.8. The van der Waals surface area contributed by atoms with E-state index in [1.807, 2.05) is 0 Å². The lowest BCUT2D eigenvalue weighted by Gasteiger charge is -2.35. The quantitative estimate of drug-likeness (QED) is 0.817. The van der Waals surface area contributed by atoms with Crippen LogP contribution in [-0.4, -0.2) is 67.6 Å². The number of carbonyl (C=O) groups is 1. The van der Waals surface area contributed by atoms with E-state index >= 15 is 0 Å². The van der Waals surface area contributed by atoms with Gasteiger partial charge in [-0.05, 0) is 25.0 Å². The highest BCUT2D eigenvalue weighted by atomic mass is 16.6. The van der Waals surface area contributed by atoms with Crippen molar-refractivity contribution < 1.29 is 19.0 Å². The largest absolute Gasteiger partial charge is 0.441 e. The molecule has 2 heterocycles. The Morgan fingerprint density at radius 3 is 2.32 bits per heavy atom. The lowest BCUT2D eigenvalue weighted by molar-refractivity contribution is -0.104. The lowest BCUT2D eigenvalue weighted by atomic mass is 10.1. The molecule has 0 spiro atoms. The van der Waals surface area contributed by atoms with E-state index < -0.39 is 0 Å². The maximum Gasteiger partial charge on any atom is 0.410 e. The minimum atomic E-state index is -0.298. The molecule has 0 radical (unpaired) electrons. The Kier molecular flexibility index (Phi) is 5.93. The van der Waals surface area contributed by atoms with E-state index in [0.29, 0.717) is 19.8 Å². The van der Waals surface area contributed by atoms with Crippen molar-refractivity contribution in [1.29, 1.82) is 0 Å². The topological polar surface area (TPSA) is 51.2 Å². The summed E-state index contributed by atoms with van der Waals surface area (Å²) < 4.78 is 16.1. The monoisotopic (exact) mass is 348 g/mol. The normalized spacial score (nSPS) is 24.6. The van der Waals surface area contributed by atoms with E-state index in [9.17, 15) is 4.79 Å². The Bertz CT molecular complexity index is 563. The van der Waals surface area contributed by atoms with Gasteiger partial charge in [0.2, 0.25) is 0 Å². The summed E-state index contributed by atoms with van der Waals surface area (Å²) in [5.41, 5.74) is 2.37. The molecule has 1 aromatic rings. The number of morpholine rings is 1. The Labute approximate surface area is 149 Å². The smallest absolute Gasteiger partial charge is 0.410 e. The van der Waals surface area contributed by atoms with Crippen molar-refractivity contribution in [2.24, 2.45) is 0 Å². The fourth-order valence-electron chi connectivity index (χ4n) is 3.27. The van der Waals surface area contributed by atoms with E-state index in [4.69, 9.17) is 14.2 Å². The first-order chi connectivity index (χ1) is 12.0. The van der Waals surface area contributed by atoms with Crippen LogP contribution in [0.25, 0.3) is 0 Å². The van der Waals surface area contributed by atoms with Gasteiger partial charge in [-0.15, -0.1) is 0 Å². The fraction of sp³-hybridized carbons (Fsp3) is 0.632. The molecule has 25 heavy (non-hydrogen) atoms. The summed E-state index contributed by atoms with van der Waals surface area (Å²) >= 11 is 0. The molecule has 6 nitrogen and oxygen atoms in total. The number of benzene rings is 1. The van der Waals surface area contributed by atoms with Crippen molar-refractivity contribution in [2.45, 2.75) is 45.2 Å². The number of ether oxygens (including phenoxy) is 3. The number of rotatable bonds is 5. The molecule has 0 aromatic heterocycles. The van der Waals surface area contributed by atoms with Gasteiger partial charge in [0.25, 0.3) is 0 Å². The van der Waals surface area contributed by atoms with Gasteiger partial charge in [0, 0.05) is 33.2 Å². The number of nitrogens with zero attached hydrogens (tertiary/aromatic N) is 2. The third-order valence-corrected chi connectivity index (χ3v) is 4.53. The van der Waals surface area contributed by atoms with Crippen LogP contribution >= 0.6 is 0 Å². The Hall–Kier alpha value is -1.63. The molecule has 2 fully saturated rings. The highest BCUT2D eigenvalue weighted by molar-refractivity contribution is 5.67. The molecule has 2 aliphatic rings. The number of hydrogen-bond acceptors (Lipinski definition) is 5. The first-order valence-corrected chi connectivity index (χ1v) is 8.94. The van der Waals surface area contributed by atoms with E-state index in [2.05, 4.69) is 43.0 Å². The maximum absolute atomic E-state index is 12.0. The fourth-order valence-corrected chi connectivity index (χ4v) is 3.27. The van der Waals surface area contributed by atoms with Crippen LogP contribution in [0.4, 0.5) is 4.79 Å². The lowest BCUT2D eigenvalue weighted by Crippen LogP contribution is -2.44. The predicted octanol–water partition coefficient (Wildman–Crippen LogP) is 2.26. The average molecular weight is 348 g/mol. The van der Waals surface area contributed by atoms with Crippen LogP contribution in [0.1, 0.15) is 25.0 Å². The first-order valence-electron chi connectivity index (χ1n) is 8.94. The molecular weight excluding hydrogens is 320 g/mol. The van der Waals surface area contributed by atoms with Gasteiger partial charge in [-0.3, -0.25) is 4.90 Å². The summed E-state index contributed by atoms with van der Waals surface area (Å²) in [7, 11) is 1.76. The summed E-state index contributed by atoms with van der Waals surface area (Å²) in [5.74, 6) is 0. The highest BCUT2D eigenvalue weighted by Gasteiger charge is 2.24. The predicted molar refractivity (Wildman–Crippen MR) is 94.3 cm³/mol. The zero-order valence-electron chi connectivity index (χ0n) is 15.3. The summed E-state index contributed by atoms with van der Waals surface area (Å²) in [6.45, 7) is 8.65. The van der Waals surface area contributed by atoms with Crippen LogP contribution < -0.4 is 0 Å². The van der Waals surface area contributed by atoms with Crippen LogP contribution in [0.15, 0.2) is 24.3 Å². The SMILES string of the molecule is C[C@@H]1CN(Cc2ccc(CN(C)C(=O)OC3COC3)cc2)C[C@H](C)O1. The first kappa shape index (κ1) is 18.2. The van der Waals surface area contributed by atoms with Crippen molar-refractivity contribution in [3.63, 3.8) is 0 Å². The van der Waals surface area contributed by atoms with Gasteiger partial charge in [0.15, 0.2) is 6.10 Å². The molecule has 0 bridgehead atoms. The van der Waals surface area contributed by atoms with Crippen molar-refractivity contribution in [2.75, 3.05) is 33.4 Å². The molecule has 6 heteroatoms. The molecule has 1 aromatic carbocycles. The number of amides is 1. The molecule has 138 valence electrons. The molecule has 1 amide bonds. The molecule has 2 aliphatic heterocycles. The van der Waals surface area contributed by atoms with Crippen molar-refractivity contribution in [1.82, 2.24) is 9.80 Å². The third kappa shape index (κ3) is 5.17. The summed E-state index contributed by atoms with van der Waals surface area (Å²) in [6, 6.07) is 8.44. The second-order valence-corrected chi connectivity index (χ2v) is 7.17. The molecule has 2 saturated heterocycles. The molecule has 0 unspecified atom stereocenters. The van der Waals surface area contributed by atoms with Gasteiger partial charge >= 0.3 is 6.09 Å². The summed E-state index contributed by atoms with van der Waals surface area (Å²) in [5, 5.41) is 0. The van der Waals surface area contributed by atoms with Crippen molar-refractivity contribution >= 4 is 6.09 Å². The van der Waals surface area contributed by atoms with Gasteiger partial charge in [0.05, 0.1) is 25.4 Å². The number of hydrogen-bond donors (Lipinski definition) is 0. The van der Waals surface area contributed by atoms with Gasteiger partial charge < -0.3 is 19.1 Å². The van der Waals surface area contributed by atoms with Gasteiger partial charge in [0.1, 0.15) is 0 Å². The molecule has 0 N–H and O–H groups in total. The minimum Gasteiger partial charge on any atom is -0.441 e. The summed E-state index contributed by atoms with van der Waals surface area (Å²) in [4.78, 5) is 16.0. The average Bonchev–Trinajstić information content (AvgIpc) is 2.51. The Morgan fingerprint density at radius 2 is 1.76 bits per heavy atom. The summed E-state index contributed by atoms with van der Waals surface area (Å²) in [6.07, 6.45) is 0.178. The Balaban J connectivity index is 1.48. The molecule has 3 rings (SSSR count). The van der Waals surface area contributed by atoms with Crippen LogP contribution in [-0.2, 0) is 27.3 Å². The van der Waals surface area contributed by atoms with Crippen LogP contribution in [0.3, 0.4) is 0 Å². The second kappa shape index (κ2) is 8.17. The second-order valence-electron chi connectivity index (χ2n) is 7.17. The van der Waals surface area contributed by atoms with Crippen molar-refractivity contribution in [3.05, 3.63) is 35.4 Å². The Morgan fingerprint density at radius 1 is 1.16 bits per heavy atom. The zero-order valence-corrected chi connectivity index (χ0v) is 15.3. The van der Waals surface area contributed by atoms with Crippen LogP contribution in [0.2, 0.25) is 0 Å². The standard InChI is InChI=1S/C19H28N2O4/c1-14-8-21(9-15(2)24-14)11-17-6-4-16(5-7-17)10-20(3)19(22)25-18-12-23-13-18/h4-7,14-15,18H,8-13H2,1-3H3/t14-,15+. The van der Waals surface area contributed by atoms with Gasteiger partial charge in [-0.1, -0.05) is 24.3 Å². The van der Waals surface area contributed by atoms with Crippen LogP contribution in [0, 0.1) is 0 Å². The molecule has 0 saturated carbocycles. The number of carbonyl (C=O) groups excluding carboxylic acids is 1. The van der Waals surface area contributed by atoms with Gasteiger partial charge in [-0.2, -0.15) is 0 Å². The maximum atomic E-state index is 12.0. The van der Waals surface area contributed by atoms with Crippen LogP contribution in [0.5, 0.6) is 0 Å². The molecule has 0 aliphatic carbocycles. The molecular formula is C19H28N2O4. The van der Waals surface area contributed by atoms with E-state index in [1.165, 1.54) is 5.56 Å².